The summed E-state index contributed by atoms with van der Waals surface area (Å²) < 4.78 is 12.1. The molecule has 1 aromatic carbocycles. The zero-order chi connectivity index (χ0) is 18.7. The summed E-state index contributed by atoms with van der Waals surface area (Å²) in [4.78, 5) is 24.9. The van der Waals surface area contributed by atoms with Crippen molar-refractivity contribution >= 4 is 28.0 Å². The highest BCUT2D eigenvalue weighted by Gasteiger charge is 2.40. The van der Waals surface area contributed by atoms with Gasteiger partial charge >= 0.3 is 12.1 Å². The van der Waals surface area contributed by atoms with Crippen LogP contribution in [-0.2, 0) is 19.9 Å². The number of nitrogens with zero attached hydrogens (tertiary/aromatic N) is 1. The molecule has 1 saturated heterocycles. The Bertz CT molecular complexity index is 633. The van der Waals surface area contributed by atoms with Crippen LogP contribution in [-0.4, -0.2) is 47.4 Å². The number of benzene rings is 1. The summed E-state index contributed by atoms with van der Waals surface area (Å²) in [6.07, 6.45) is 0.667. The molecule has 0 unspecified atom stereocenters. The predicted molar refractivity (Wildman–Crippen MR) is 96.4 cm³/mol. The van der Waals surface area contributed by atoms with Gasteiger partial charge in [0, 0.05) is 17.6 Å². The van der Waals surface area contributed by atoms with Crippen LogP contribution in [0, 0.1) is 0 Å². The first kappa shape index (κ1) is 19.7. The number of likely N-dealkylation sites (tertiary alicyclic amines) is 1. The maximum absolute atomic E-state index is 12.2. The molecule has 0 radical (unpaired) electrons. The zero-order valence-electron chi connectivity index (χ0n) is 14.8. The molecule has 7 heteroatoms. The smallest absolute Gasteiger partial charge is 0.410 e. The molecule has 0 bridgehead atoms. The van der Waals surface area contributed by atoms with E-state index in [1.165, 1.54) is 0 Å². The minimum atomic E-state index is -1.01. The topological polar surface area (TPSA) is 76.1 Å². The molecule has 0 saturated carbocycles. The summed E-state index contributed by atoms with van der Waals surface area (Å²) in [6.45, 7) is 6.00. The van der Waals surface area contributed by atoms with E-state index in [0.29, 0.717) is 25.9 Å². The van der Waals surface area contributed by atoms with Crippen LogP contribution in [0.3, 0.4) is 0 Å². The molecule has 138 valence electrons. The van der Waals surface area contributed by atoms with Crippen LogP contribution in [0.15, 0.2) is 28.7 Å². The molecule has 1 N–H and O–H groups in total. The quantitative estimate of drug-likeness (QED) is 0.812. The van der Waals surface area contributed by atoms with Gasteiger partial charge in [0.2, 0.25) is 0 Å². The van der Waals surface area contributed by atoms with Gasteiger partial charge in [0.25, 0.3) is 0 Å². The lowest BCUT2D eigenvalue weighted by Gasteiger charge is -2.42. The first-order valence-electron chi connectivity index (χ1n) is 8.21. The molecule has 2 rings (SSSR count). The van der Waals surface area contributed by atoms with Crippen molar-refractivity contribution in [3.05, 3.63) is 34.3 Å². The summed E-state index contributed by atoms with van der Waals surface area (Å²) in [5.74, 6) is -1.01. The van der Waals surface area contributed by atoms with E-state index in [4.69, 9.17) is 14.6 Å². The second-order valence-corrected chi connectivity index (χ2v) is 8.07. The Kier molecular flexibility index (Phi) is 6.11. The van der Waals surface area contributed by atoms with Crippen molar-refractivity contribution in [2.24, 2.45) is 0 Å². The fourth-order valence-electron chi connectivity index (χ4n) is 2.87. The Labute approximate surface area is 156 Å². The Morgan fingerprint density at radius 2 is 1.92 bits per heavy atom. The van der Waals surface area contributed by atoms with Gasteiger partial charge < -0.3 is 19.5 Å². The lowest BCUT2D eigenvalue weighted by molar-refractivity contribution is -0.155. The predicted octanol–water partition coefficient (Wildman–Crippen LogP) is 3.78. The molecule has 1 fully saturated rings. The Morgan fingerprint density at radius 3 is 2.44 bits per heavy atom. The van der Waals surface area contributed by atoms with Gasteiger partial charge in [-0.05, 0) is 51.3 Å². The molecule has 0 aliphatic carbocycles. The number of carbonyl (C=O) groups is 2. The fraction of sp³-hybridized carbons (Fsp3) is 0.556. The van der Waals surface area contributed by atoms with Gasteiger partial charge in [0.1, 0.15) is 12.2 Å². The maximum atomic E-state index is 12.2. The fourth-order valence-corrected chi connectivity index (χ4v) is 3.26. The van der Waals surface area contributed by atoms with E-state index in [2.05, 4.69) is 15.9 Å². The number of carboxylic acids is 1. The number of halogens is 1. The molecular formula is C18H24BrNO5. The third-order valence-electron chi connectivity index (χ3n) is 4.05. The number of carboxylic acid groups (broad SMARTS) is 1. The third-order valence-corrected chi connectivity index (χ3v) is 4.54. The van der Waals surface area contributed by atoms with Gasteiger partial charge in [-0.15, -0.1) is 0 Å². The molecule has 1 aliphatic heterocycles. The molecule has 1 aromatic rings. The number of amides is 1. The SMILES string of the molecule is CC(C)(C)OC(=O)N1CCC(OCC(=O)O)(c2cccc(Br)c2)CC1. The van der Waals surface area contributed by atoms with Gasteiger partial charge in [0.15, 0.2) is 0 Å². The van der Waals surface area contributed by atoms with Crippen molar-refractivity contribution in [2.45, 2.75) is 44.8 Å². The Hall–Kier alpha value is -1.60. The summed E-state index contributed by atoms with van der Waals surface area (Å²) in [6, 6.07) is 7.66. The average Bonchev–Trinajstić information content (AvgIpc) is 2.52. The highest BCUT2D eigenvalue weighted by molar-refractivity contribution is 9.10. The van der Waals surface area contributed by atoms with Crippen molar-refractivity contribution in [1.29, 1.82) is 0 Å². The molecule has 1 aliphatic rings. The van der Waals surface area contributed by atoms with Crippen molar-refractivity contribution in [1.82, 2.24) is 4.90 Å². The minimum Gasteiger partial charge on any atom is -0.480 e. The number of hydrogen-bond acceptors (Lipinski definition) is 4. The first-order chi connectivity index (χ1) is 11.6. The maximum Gasteiger partial charge on any atom is 0.410 e. The van der Waals surface area contributed by atoms with Crippen molar-refractivity contribution in [3.8, 4) is 0 Å². The average molecular weight is 414 g/mol. The third kappa shape index (κ3) is 5.44. The highest BCUT2D eigenvalue weighted by atomic mass is 79.9. The summed E-state index contributed by atoms with van der Waals surface area (Å²) in [7, 11) is 0. The molecule has 6 nitrogen and oxygen atoms in total. The van der Waals surface area contributed by atoms with E-state index in [9.17, 15) is 9.59 Å². The highest BCUT2D eigenvalue weighted by Crippen LogP contribution is 2.38. The first-order valence-corrected chi connectivity index (χ1v) is 9.00. The van der Waals surface area contributed by atoms with Gasteiger partial charge in [-0.25, -0.2) is 9.59 Å². The second-order valence-electron chi connectivity index (χ2n) is 7.15. The zero-order valence-corrected chi connectivity index (χ0v) is 16.3. The van der Waals surface area contributed by atoms with Crippen molar-refractivity contribution < 1.29 is 24.2 Å². The molecular weight excluding hydrogens is 390 g/mol. The van der Waals surface area contributed by atoms with E-state index >= 15 is 0 Å². The summed E-state index contributed by atoms with van der Waals surface area (Å²) >= 11 is 3.44. The Morgan fingerprint density at radius 1 is 1.28 bits per heavy atom. The van der Waals surface area contributed by atoms with E-state index in [0.717, 1.165) is 10.0 Å². The van der Waals surface area contributed by atoms with Crippen LogP contribution in [0.2, 0.25) is 0 Å². The van der Waals surface area contributed by atoms with E-state index in [1.54, 1.807) is 4.90 Å². The van der Waals surface area contributed by atoms with Crippen molar-refractivity contribution in [3.63, 3.8) is 0 Å². The van der Waals surface area contributed by atoms with Gasteiger partial charge in [-0.2, -0.15) is 0 Å². The summed E-state index contributed by atoms with van der Waals surface area (Å²) in [5, 5.41) is 9.01. The molecule has 0 aromatic heterocycles. The molecule has 1 heterocycles. The molecule has 1 amide bonds. The van der Waals surface area contributed by atoms with Gasteiger partial charge in [-0.1, -0.05) is 28.1 Å². The lowest BCUT2D eigenvalue weighted by Crippen LogP contribution is -2.48. The van der Waals surface area contributed by atoms with Crippen molar-refractivity contribution in [2.75, 3.05) is 19.7 Å². The largest absolute Gasteiger partial charge is 0.480 e. The van der Waals surface area contributed by atoms with Crippen LogP contribution in [0.25, 0.3) is 0 Å². The van der Waals surface area contributed by atoms with E-state index in [-0.39, 0.29) is 12.7 Å². The lowest BCUT2D eigenvalue weighted by atomic mass is 9.84. The number of carbonyl (C=O) groups excluding carboxylic acids is 1. The van der Waals surface area contributed by atoms with Crippen LogP contribution in [0.5, 0.6) is 0 Å². The minimum absolute atomic E-state index is 0.353. The molecule has 0 atom stereocenters. The molecule has 0 spiro atoms. The van der Waals surface area contributed by atoms with Crippen LogP contribution >= 0.6 is 15.9 Å². The van der Waals surface area contributed by atoms with Gasteiger partial charge in [-0.3, -0.25) is 0 Å². The summed E-state index contributed by atoms with van der Waals surface area (Å²) in [5.41, 5.74) is -0.358. The second kappa shape index (κ2) is 7.74. The normalized spacial score (nSPS) is 17.2. The monoisotopic (exact) mass is 413 g/mol. The number of ether oxygens (including phenoxy) is 2. The van der Waals surface area contributed by atoms with E-state index in [1.807, 2.05) is 45.0 Å². The molecule has 25 heavy (non-hydrogen) atoms. The van der Waals surface area contributed by atoms with E-state index < -0.39 is 17.2 Å². The van der Waals surface area contributed by atoms with Crippen LogP contribution < -0.4 is 0 Å². The number of hydrogen-bond donors (Lipinski definition) is 1. The standard InChI is InChI=1S/C18H24BrNO5/c1-17(2,3)25-16(23)20-9-7-18(8-10-20,24-12-15(21)22)13-5-4-6-14(19)11-13/h4-6,11H,7-10,12H2,1-3H3,(H,21,22). The Balaban J connectivity index is 2.15. The van der Waals surface area contributed by atoms with Crippen LogP contribution in [0.4, 0.5) is 4.79 Å². The van der Waals surface area contributed by atoms with Gasteiger partial charge in [0.05, 0.1) is 5.60 Å². The van der Waals surface area contributed by atoms with Crippen LogP contribution in [0.1, 0.15) is 39.2 Å². The number of rotatable bonds is 4. The number of piperidine rings is 1. The number of aliphatic carboxylic acids is 1.